The Hall–Kier alpha value is -2.88. The van der Waals surface area contributed by atoms with Crippen molar-refractivity contribution in [2.24, 2.45) is 0 Å². The molecule has 0 aliphatic carbocycles. The number of aromatic nitrogens is 2. The Morgan fingerprint density at radius 1 is 1.48 bits per heavy atom. The summed E-state index contributed by atoms with van der Waals surface area (Å²) >= 11 is 1.08. The second-order valence-corrected chi connectivity index (χ2v) is 6.41. The van der Waals surface area contributed by atoms with Crippen LogP contribution >= 0.6 is 11.5 Å². The molecule has 0 spiro atoms. The molecule has 0 aromatic carbocycles. The van der Waals surface area contributed by atoms with Crippen LogP contribution in [-0.2, 0) is 0 Å². The minimum Gasteiger partial charge on any atom is -0.472 e. The van der Waals surface area contributed by atoms with Gasteiger partial charge in [-0.3, -0.25) is 4.79 Å². The average molecular weight is 363 g/mol. The third-order valence-electron chi connectivity index (χ3n) is 3.81. The largest absolute Gasteiger partial charge is 0.472 e. The lowest BCUT2D eigenvalue weighted by Crippen LogP contribution is -2.29. The van der Waals surface area contributed by atoms with Gasteiger partial charge in [-0.2, -0.15) is 4.37 Å². The smallest absolute Gasteiger partial charge is 0.407 e. The molecule has 3 rings (SSSR count). The van der Waals surface area contributed by atoms with Crippen molar-refractivity contribution >= 4 is 34.2 Å². The number of anilines is 2. The first-order valence-corrected chi connectivity index (χ1v) is 8.35. The zero-order chi connectivity index (χ0) is 18.0. The predicted octanol–water partition coefficient (Wildman–Crippen LogP) is 1.81. The number of pyridine rings is 1. The fourth-order valence-electron chi connectivity index (χ4n) is 2.55. The van der Waals surface area contributed by atoms with E-state index in [0.29, 0.717) is 47.3 Å². The topological polar surface area (TPSA) is 131 Å². The lowest BCUT2D eigenvalue weighted by atomic mass is 10.2. The summed E-state index contributed by atoms with van der Waals surface area (Å²) in [6, 6.07) is 3.29. The second-order valence-electron chi connectivity index (χ2n) is 5.60. The molecule has 1 saturated heterocycles. The highest BCUT2D eigenvalue weighted by atomic mass is 32.1. The molecule has 1 fully saturated rings. The minimum absolute atomic E-state index is 0.219. The first-order valence-electron chi connectivity index (χ1n) is 7.57. The summed E-state index contributed by atoms with van der Waals surface area (Å²) in [6.45, 7) is 2.49. The average Bonchev–Trinajstić information content (AvgIpc) is 3.16. The number of aryl methyl sites for hydroxylation is 1. The molecule has 0 saturated carbocycles. The molecule has 25 heavy (non-hydrogen) atoms. The van der Waals surface area contributed by atoms with Gasteiger partial charge in [0.25, 0.3) is 5.91 Å². The molecule has 2 amide bonds. The molecular weight excluding hydrogens is 346 g/mol. The van der Waals surface area contributed by atoms with Crippen LogP contribution in [0.1, 0.15) is 22.5 Å². The van der Waals surface area contributed by atoms with Gasteiger partial charge in [-0.25, -0.2) is 9.78 Å². The van der Waals surface area contributed by atoms with Gasteiger partial charge in [0, 0.05) is 19.0 Å². The maximum atomic E-state index is 12.2. The van der Waals surface area contributed by atoms with Crippen molar-refractivity contribution in [1.82, 2.24) is 14.3 Å². The van der Waals surface area contributed by atoms with E-state index >= 15 is 0 Å². The van der Waals surface area contributed by atoms with Crippen LogP contribution in [0, 0.1) is 6.92 Å². The van der Waals surface area contributed by atoms with Gasteiger partial charge in [-0.05, 0) is 24.5 Å². The van der Waals surface area contributed by atoms with E-state index in [4.69, 9.17) is 15.6 Å². The quantitative estimate of drug-likeness (QED) is 0.755. The molecule has 0 unspecified atom stereocenters. The summed E-state index contributed by atoms with van der Waals surface area (Å²) < 4.78 is 9.71. The lowest BCUT2D eigenvalue weighted by molar-refractivity contribution is 0.102. The van der Waals surface area contributed by atoms with Gasteiger partial charge in [0.05, 0.1) is 29.7 Å². The first-order chi connectivity index (χ1) is 11.9. The van der Waals surface area contributed by atoms with Crippen LogP contribution in [-0.4, -0.2) is 50.6 Å². The normalized spacial score (nSPS) is 16.7. The van der Waals surface area contributed by atoms with Crippen LogP contribution < -0.4 is 15.8 Å². The van der Waals surface area contributed by atoms with Crippen molar-refractivity contribution in [3.05, 3.63) is 29.6 Å². The number of nitrogens with two attached hydrogens (primary N) is 1. The summed E-state index contributed by atoms with van der Waals surface area (Å²) in [5, 5.41) is 12.0. The summed E-state index contributed by atoms with van der Waals surface area (Å²) in [6.07, 6.45) is 0.927. The van der Waals surface area contributed by atoms with E-state index in [-0.39, 0.29) is 12.0 Å². The van der Waals surface area contributed by atoms with Crippen LogP contribution in [0.5, 0.6) is 5.88 Å². The van der Waals surface area contributed by atoms with Crippen molar-refractivity contribution in [2.75, 3.05) is 24.1 Å². The monoisotopic (exact) mass is 363 g/mol. The highest BCUT2D eigenvalue weighted by molar-refractivity contribution is 7.10. The fraction of sp³-hybridized carbons (Fsp3) is 0.333. The molecule has 1 aliphatic rings. The number of amides is 2. The van der Waals surface area contributed by atoms with Gasteiger partial charge < -0.3 is 25.8 Å². The van der Waals surface area contributed by atoms with Crippen LogP contribution in [0.3, 0.4) is 0 Å². The number of rotatable bonds is 4. The Kier molecular flexibility index (Phi) is 4.70. The van der Waals surface area contributed by atoms with Crippen molar-refractivity contribution in [2.45, 2.75) is 19.4 Å². The Bertz CT molecular complexity index is 772. The molecule has 0 bridgehead atoms. The summed E-state index contributed by atoms with van der Waals surface area (Å²) in [4.78, 5) is 28.6. The number of nitrogens with zero attached hydrogens (tertiary/aromatic N) is 3. The van der Waals surface area contributed by atoms with Gasteiger partial charge in [0.15, 0.2) is 0 Å². The fourth-order valence-corrected chi connectivity index (χ4v) is 3.21. The van der Waals surface area contributed by atoms with Gasteiger partial charge in [0.2, 0.25) is 5.88 Å². The third-order valence-corrected chi connectivity index (χ3v) is 4.58. The molecule has 1 aliphatic heterocycles. The number of likely N-dealkylation sites (tertiary alicyclic amines) is 1. The summed E-state index contributed by atoms with van der Waals surface area (Å²) in [5.41, 5.74) is 7.21. The molecule has 10 heteroatoms. The molecule has 9 nitrogen and oxygen atoms in total. The van der Waals surface area contributed by atoms with E-state index in [1.54, 1.807) is 19.1 Å². The number of ether oxygens (including phenoxy) is 1. The highest BCUT2D eigenvalue weighted by Crippen LogP contribution is 2.23. The zero-order valence-electron chi connectivity index (χ0n) is 13.4. The SMILES string of the molecule is Cc1nsc(N)c1C(=O)Nc1ccc(O[C@@H]2CCN(C(=O)O)C2)nc1. The number of carbonyl (C=O) groups excluding carboxylic acids is 1. The lowest BCUT2D eigenvalue weighted by Gasteiger charge is -2.14. The van der Waals surface area contributed by atoms with Gasteiger partial charge in [0.1, 0.15) is 11.1 Å². The van der Waals surface area contributed by atoms with Crippen LogP contribution in [0.2, 0.25) is 0 Å². The molecule has 2 aromatic rings. The number of carboxylic acid groups (broad SMARTS) is 1. The van der Waals surface area contributed by atoms with Gasteiger partial charge in [-0.15, -0.1) is 0 Å². The Morgan fingerprint density at radius 3 is 2.84 bits per heavy atom. The number of hydrogen-bond donors (Lipinski definition) is 3. The molecule has 132 valence electrons. The van der Waals surface area contributed by atoms with E-state index in [0.717, 1.165) is 11.5 Å². The summed E-state index contributed by atoms with van der Waals surface area (Å²) in [7, 11) is 0. The maximum absolute atomic E-state index is 12.2. The Morgan fingerprint density at radius 2 is 2.28 bits per heavy atom. The van der Waals surface area contributed by atoms with Crippen LogP contribution in [0.4, 0.5) is 15.5 Å². The van der Waals surface area contributed by atoms with Crippen molar-refractivity contribution < 1.29 is 19.4 Å². The molecule has 0 radical (unpaired) electrons. The molecule has 4 N–H and O–H groups in total. The maximum Gasteiger partial charge on any atom is 0.407 e. The third kappa shape index (κ3) is 3.79. The molecular formula is C15H17N5O4S. The number of nitrogen functional groups attached to an aromatic ring is 1. The summed E-state index contributed by atoms with van der Waals surface area (Å²) in [5.74, 6) is 0.0373. The highest BCUT2D eigenvalue weighted by Gasteiger charge is 2.27. The van der Waals surface area contributed by atoms with Gasteiger partial charge >= 0.3 is 6.09 Å². The molecule has 3 heterocycles. The number of hydrogen-bond acceptors (Lipinski definition) is 7. The predicted molar refractivity (Wildman–Crippen MR) is 92.1 cm³/mol. The van der Waals surface area contributed by atoms with Crippen LogP contribution in [0.25, 0.3) is 0 Å². The Labute approximate surface area is 147 Å². The van der Waals surface area contributed by atoms with E-state index in [1.807, 2.05) is 0 Å². The second kappa shape index (κ2) is 6.93. The van der Waals surface area contributed by atoms with E-state index < -0.39 is 6.09 Å². The van der Waals surface area contributed by atoms with Crippen molar-refractivity contribution in [3.8, 4) is 5.88 Å². The van der Waals surface area contributed by atoms with Crippen molar-refractivity contribution in [1.29, 1.82) is 0 Å². The zero-order valence-corrected chi connectivity index (χ0v) is 14.2. The Balaban J connectivity index is 1.59. The van der Waals surface area contributed by atoms with Gasteiger partial charge in [-0.1, -0.05) is 0 Å². The number of nitrogens with one attached hydrogen (secondary N) is 1. The minimum atomic E-state index is -0.949. The van der Waals surface area contributed by atoms with E-state index in [2.05, 4.69) is 14.7 Å². The number of carbonyl (C=O) groups is 2. The van der Waals surface area contributed by atoms with Crippen molar-refractivity contribution in [3.63, 3.8) is 0 Å². The standard InChI is InChI=1S/C15H17N5O4S/c1-8-12(13(16)25-19-8)14(21)18-9-2-3-11(17-6-9)24-10-4-5-20(7-10)15(22)23/h2-3,6,10H,4-5,7,16H2,1H3,(H,18,21)(H,22,23)/t10-/m1/s1. The van der Waals surface area contributed by atoms with E-state index in [9.17, 15) is 9.59 Å². The first kappa shape index (κ1) is 17.0. The molecule has 1 atom stereocenters. The van der Waals surface area contributed by atoms with Crippen LogP contribution in [0.15, 0.2) is 18.3 Å². The molecule has 2 aromatic heterocycles. The van der Waals surface area contributed by atoms with E-state index in [1.165, 1.54) is 11.1 Å².